The second-order valence-electron chi connectivity index (χ2n) is 10.8. The van der Waals surface area contributed by atoms with Gasteiger partial charge in [-0.2, -0.15) is 0 Å². The Labute approximate surface area is 235 Å². The molecule has 0 bridgehead atoms. The maximum Gasteiger partial charge on any atom is 0.255 e. The minimum absolute atomic E-state index is 0.0736. The van der Waals surface area contributed by atoms with E-state index in [1.165, 1.54) is 6.07 Å². The lowest BCUT2D eigenvalue weighted by Gasteiger charge is -2.46. The van der Waals surface area contributed by atoms with Crippen molar-refractivity contribution >= 4 is 28.9 Å². The highest BCUT2D eigenvalue weighted by Gasteiger charge is 2.60. The summed E-state index contributed by atoms with van der Waals surface area (Å²) in [6.07, 6.45) is -0.0229. The zero-order valence-corrected chi connectivity index (χ0v) is 21.9. The van der Waals surface area contributed by atoms with Crippen LogP contribution in [0.5, 0.6) is 5.75 Å². The summed E-state index contributed by atoms with van der Waals surface area (Å²) in [5, 5.41) is 47.6. The number of phenolic OH excluding ortho intramolecular Hbond substituents is 1. The quantitative estimate of drug-likeness (QED) is 0.260. The number of anilines is 1. The van der Waals surface area contributed by atoms with E-state index in [0.29, 0.717) is 12.1 Å². The van der Waals surface area contributed by atoms with Crippen molar-refractivity contribution in [3.05, 3.63) is 100 Å². The van der Waals surface area contributed by atoms with Crippen LogP contribution in [0.15, 0.2) is 83.6 Å². The summed E-state index contributed by atoms with van der Waals surface area (Å²) >= 11 is 0. The zero-order chi connectivity index (χ0) is 29.1. The van der Waals surface area contributed by atoms with Crippen LogP contribution in [-0.4, -0.2) is 43.5 Å². The van der Waals surface area contributed by atoms with E-state index in [1.807, 2.05) is 54.6 Å². The van der Waals surface area contributed by atoms with E-state index >= 15 is 0 Å². The van der Waals surface area contributed by atoms with Crippen LogP contribution < -0.4 is 11.1 Å². The lowest BCUT2D eigenvalue weighted by molar-refractivity contribution is -0.147. The third kappa shape index (κ3) is 4.08. The number of ketones is 2. The number of nitrogens with one attached hydrogen (secondary N) is 1. The van der Waals surface area contributed by atoms with Crippen LogP contribution in [0.1, 0.15) is 29.5 Å². The lowest BCUT2D eigenvalue weighted by atomic mass is 9.59. The molecule has 0 aliphatic heterocycles. The van der Waals surface area contributed by atoms with Gasteiger partial charge in [-0.25, -0.2) is 0 Å². The molecule has 1 amide bonds. The van der Waals surface area contributed by atoms with Crippen molar-refractivity contribution in [1.82, 2.24) is 0 Å². The van der Waals surface area contributed by atoms with Gasteiger partial charge >= 0.3 is 0 Å². The van der Waals surface area contributed by atoms with Gasteiger partial charge in [-0.1, -0.05) is 48.5 Å². The monoisotopic (exact) mass is 552 g/mol. The van der Waals surface area contributed by atoms with Crippen molar-refractivity contribution in [3.8, 4) is 16.9 Å². The van der Waals surface area contributed by atoms with Crippen LogP contribution in [0.4, 0.5) is 5.69 Å². The van der Waals surface area contributed by atoms with Gasteiger partial charge in [0.05, 0.1) is 5.56 Å². The van der Waals surface area contributed by atoms with Crippen molar-refractivity contribution in [2.75, 3.05) is 5.32 Å². The van der Waals surface area contributed by atoms with Crippen LogP contribution in [-0.2, 0) is 27.3 Å². The normalized spacial score (nSPS) is 23.5. The summed E-state index contributed by atoms with van der Waals surface area (Å²) in [5.41, 5.74) is 6.07. The summed E-state index contributed by atoms with van der Waals surface area (Å²) in [6, 6.07) is 20.9. The molecule has 1 saturated carbocycles. The molecule has 9 heteroatoms. The Hall–Kier alpha value is -4.89. The Morgan fingerprint density at radius 1 is 0.951 bits per heavy atom. The van der Waals surface area contributed by atoms with Crippen molar-refractivity contribution in [3.63, 3.8) is 0 Å². The number of hydrogen-bond donors (Lipinski definition) is 6. The first-order valence-electron chi connectivity index (χ1n) is 13.3. The molecule has 0 unspecified atom stereocenters. The fourth-order valence-corrected chi connectivity index (χ4v) is 6.45. The summed E-state index contributed by atoms with van der Waals surface area (Å²) in [4.78, 5) is 38.1. The number of primary amides is 1. The predicted octanol–water partition coefficient (Wildman–Crippen LogP) is 3.70. The molecule has 9 nitrogen and oxygen atoms in total. The van der Waals surface area contributed by atoms with Gasteiger partial charge in [0.25, 0.3) is 5.91 Å². The minimum Gasteiger partial charge on any atom is -0.508 e. The molecule has 0 radical (unpaired) electrons. The molecule has 1 fully saturated rings. The molecule has 208 valence electrons. The first-order valence-corrected chi connectivity index (χ1v) is 13.3. The predicted molar refractivity (Wildman–Crippen MR) is 151 cm³/mol. The molecule has 3 aliphatic carbocycles. The number of fused-ring (bicyclic) bond motifs is 3. The van der Waals surface area contributed by atoms with Gasteiger partial charge in [-0.05, 0) is 59.2 Å². The number of rotatable bonds is 5. The van der Waals surface area contributed by atoms with Gasteiger partial charge in [0.15, 0.2) is 11.4 Å². The number of aliphatic hydroxyl groups excluding tert-OH is 2. The van der Waals surface area contributed by atoms with Crippen LogP contribution in [0.3, 0.4) is 0 Å². The van der Waals surface area contributed by atoms with Gasteiger partial charge < -0.3 is 31.5 Å². The van der Waals surface area contributed by atoms with E-state index in [4.69, 9.17) is 5.73 Å². The Kier molecular flexibility index (Phi) is 6.19. The van der Waals surface area contributed by atoms with E-state index in [-0.39, 0.29) is 36.1 Å². The molecule has 7 N–H and O–H groups in total. The molecule has 3 aliphatic rings. The van der Waals surface area contributed by atoms with E-state index in [0.717, 1.165) is 22.4 Å². The molecular formula is C32H28N2O7. The molecule has 0 spiro atoms. The highest BCUT2D eigenvalue weighted by atomic mass is 16.3. The van der Waals surface area contributed by atoms with Crippen LogP contribution in [0.2, 0.25) is 0 Å². The molecule has 6 rings (SSSR count). The smallest absolute Gasteiger partial charge is 0.255 e. The molecule has 3 atom stereocenters. The third-order valence-corrected chi connectivity index (χ3v) is 8.48. The summed E-state index contributed by atoms with van der Waals surface area (Å²) in [7, 11) is 0. The van der Waals surface area contributed by atoms with Crippen molar-refractivity contribution in [2.24, 2.45) is 17.6 Å². The maximum absolute atomic E-state index is 13.7. The Bertz CT molecular complexity index is 1670. The highest BCUT2D eigenvalue weighted by Crippen LogP contribution is 2.53. The Morgan fingerprint density at radius 2 is 1.66 bits per heavy atom. The lowest BCUT2D eigenvalue weighted by Crippen LogP contribution is -2.58. The van der Waals surface area contributed by atoms with Crippen molar-refractivity contribution in [2.45, 2.75) is 31.4 Å². The largest absolute Gasteiger partial charge is 0.508 e. The number of amides is 1. The van der Waals surface area contributed by atoms with Crippen molar-refractivity contribution in [1.29, 1.82) is 0 Å². The highest BCUT2D eigenvalue weighted by molar-refractivity contribution is 6.22. The average molecular weight is 553 g/mol. The summed E-state index contributed by atoms with van der Waals surface area (Å²) < 4.78 is 0. The maximum atomic E-state index is 13.7. The number of aliphatic hydroxyl groups is 3. The zero-order valence-electron chi connectivity index (χ0n) is 21.9. The molecule has 3 aromatic carbocycles. The summed E-state index contributed by atoms with van der Waals surface area (Å²) in [6.45, 7) is 0.622. The van der Waals surface area contributed by atoms with Gasteiger partial charge in [0, 0.05) is 30.1 Å². The number of hydrogen-bond acceptors (Lipinski definition) is 8. The van der Waals surface area contributed by atoms with E-state index in [2.05, 4.69) is 5.32 Å². The molecule has 0 heterocycles. The summed E-state index contributed by atoms with van der Waals surface area (Å²) in [5.74, 6) is -6.42. The number of benzene rings is 3. The number of nitrogens with two attached hydrogens (primary N) is 1. The third-order valence-electron chi connectivity index (χ3n) is 8.48. The second-order valence-corrected chi connectivity index (χ2v) is 10.8. The van der Waals surface area contributed by atoms with Gasteiger partial charge in [0.2, 0.25) is 5.78 Å². The van der Waals surface area contributed by atoms with Crippen LogP contribution >= 0.6 is 0 Å². The van der Waals surface area contributed by atoms with E-state index in [9.17, 15) is 34.8 Å². The topological polar surface area (TPSA) is 170 Å². The number of carbonyl (C=O) groups is 3. The number of Topliss-reactive ketones (excluding diaryl/α,β-unsaturated/α-hetero) is 2. The number of phenols is 1. The van der Waals surface area contributed by atoms with E-state index < -0.39 is 52.0 Å². The fraction of sp³-hybridized carbons (Fsp3) is 0.219. The molecular weight excluding hydrogens is 524 g/mol. The SMILES string of the molecule is NC(=O)C1=C(O)[C@@]2(O)C(=O)C3=C(O)c4c(O)ccc(-c5ccc(CNc6ccccc6)cc5)c4C[C@H]3C[C@H]2CC1=O. The Morgan fingerprint density at radius 3 is 2.34 bits per heavy atom. The van der Waals surface area contributed by atoms with Crippen LogP contribution in [0.25, 0.3) is 16.9 Å². The van der Waals surface area contributed by atoms with Gasteiger partial charge in [0.1, 0.15) is 22.8 Å². The molecule has 41 heavy (non-hydrogen) atoms. The number of aromatic hydroxyl groups is 1. The average Bonchev–Trinajstić information content (AvgIpc) is 2.95. The number of para-hydroxylation sites is 1. The fourth-order valence-electron chi connectivity index (χ4n) is 6.45. The first kappa shape index (κ1) is 26.3. The molecule has 0 saturated heterocycles. The van der Waals surface area contributed by atoms with Crippen molar-refractivity contribution < 1.29 is 34.8 Å². The number of carbonyl (C=O) groups excluding carboxylic acids is 3. The van der Waals surface area contributed by atoms with Gasteiger partial charge in [-0.15, -0.1) is 0 Å². The molecule has 0 aromatic heterocycles. The van der Waals surface area contributed by atoms with Crippen LogP contribution in [0, 0.1) is 11.8 Å². The van der Waals surface area contributed by atoms with Gasteiger partial charge in [-0.3, -0.25) is 14.4 Å². The van der Waals surface area contributed by atoms with E-state index in [1.54, 1.807) is 6.07 Å². The first-order chi connectivity index (χ1) is 19.6. The molecule has 3 aromatic rings. The second kappa shape index (κ2) is 9.64. The Balaban J connectivity index is 1.37. The standard InChI is InChI=1S/C32H28N2O7/c33-31(40)27-24(36)14-19-12-18-13-22-21(17-8-6-16(7-9-17)15-34-20-4-2-1-3-5-20)10-11-23(35)26(22)28(37)25(18)29(38)32(19,41)30(27)39/h1-11,18-19,34-35,37,39,41H,12-15H2,(H2,33,40)/t18-,19+,32+/m1/s1. The minimum atomic E-state index is -2.58.